The van der Waals surface area contributed by atoms with Gasteiger partial charge >= 0.3 is 7.12 Å². The summed E-state index contributed by atoms with van der Waals surface area (Å²) in [4.78, 5) is 13.1. The minimum Gasteiger partial charge on any atom is -0.399 e. The molecule has 2 saturated heterocycles. The zero-order valence-corrected chi connectivity index (χ0v) is 18.8. The fourth-order valence-corrected chi connectivity index (χ4v) is 3.65. The maximum atomic E-state index is 13.8. The molecule has 0 bridgehead atoms. The van der Waals surface area contributed by atoms with Crippen LogP contribution in [0.3, 0.4) is 0 Å². The summed E-state index contributed by atoms with van der Waals surface area (Å²) in [5.41, 5.74) is 0.147. The summed E-state index contributed by atoms with van der Waals surface area (Å²) in [6.07, 6.45) is 0.536. The predicted octanol–water partition coefficient (Wildman–Crippen LogP) is 2.92. The molecule has 7 heteroatoms. The Morgan fingerprint density at radius 3 is 2.07 bits per heavy atom. The maximum Gasteiger partial charge on any atom is 0.494 e. The van der Waals surface area contributed by atoms with E-state index in [0.717, 1.165) is 11.0 Å². The zero-order valence-electron chi connectivity index (χ0n) is 18.8. The van der Waals surface area contributed by atoms with Crippen molar-refractivity contribution in [3.8, 4) is 0 Å². The average molecular weight is 417 g/mol. The normalized spacial score (nSPS) is 24.4. The Morgan fingerprint density at radius 1 is 1.13 bits per heavy atom. The standard InChI is InChI=1S/C23H33BFNO4/c1-8-19(15(2)16(3)25)26-20(27)23(13-28-14-23)17-9-11-18(12-10-17)24-29-21(4,5)22(6,7)30-24/h8-12,15-16,19H,1,13-14H2,2-7H3,(H,26,27)/t15-,16+,19?/m0/s1. The summed E-state index contributed by atoms with van der Waals surface area (Å²) in [6.45, 7) is 15.7. The molecule has 0 spiro atoms. The summed E-state index contributed by atoms with van der Waals surface area (Å²) in [5.74, 6) is -0.537. The average Bonchev–Trinajstić information content (AvgIpc) is 2.86. The molecule has 1 amide bonds. The Morgan fingerprint density at radius 2 is 1.67 bits per heavy atom. The Kier molecular flexibility index (Phi) is 6.20. The number of alkyl halides is 1. The van der Waals surface area contributed by atoms with Crippen molar-refractivity contribution in [2.45, 2.75) is 70.4 Å². The number of hydrogen-bond acceptors (Lipinski definition) is 4. The van der Waals surface area contributed by atoms with E-state index >= 15 is 0 Å². The van der Waals surface area contributed by atoms with Gasteiger partial charge in [0.25, 0.3) is 0 Å². The SMILES string of the molecule is C=CC(NC(=O)C1(c2ccc(B3OC(C)(C)C(C)(C)O3)cc2)COC1)[C@@H](C)[C@@H](C)F. The van der Waals surface area contributed by atoms with Gasteiger partial charge < -0.3 is 19.4 Å². The number of benzene rings is 1. The molecule has 2 heterocycles. The zero-order chi connectivity index (χ0) is 22.3. The topological polar surface area (TPSA) is 56.8 Å². The molecule has 1 aromatic carbocycles. The first-order valence-corrected chi connectivity index (χ1v) is 10.5. The van der Waals surface area contributed by atoms with Gasteiger partial charge in [-0.3, -0.25) is 4.79 Å². The summed E-state index contributed by atoms with van der Waals surface area (Å²) < 4.78 is 31.4. The van der Waals surface area contributed by atoms with Gasteiger partial charge in [-0.05, 0) is 45.6 Å². The molecule has 2 fully saturated rings. The Labute approximate surface area is 179 Å². The van der Waals surface area contributed by atoms with Gasteiger partial charge in [-0.1, -0.05) is 37.3 Å². The number of amides is 1. The fourth-order valence-electron chi connectivity index (χ4n) is 3.65. The van der Waals surface area contributed by atoms with Gasteiger partial charge in [0.1, 0.15) is 11.6 Å². The van der Waals surface area contributed by atoms with Crippen molar-refractivity contribution in [2.75, 3.05) is 13.2 Å². The number of hydrogen-bond donors (Lipinski definition) is 1. The highest BCUT2D eigenvalue weighted by Crippen LogP contribution is 2.37. The Balaban J connectivity index is 1.77. The minimum atomic E-state index is -1.05. The molecular weight excluding hydrogens is 384 g/mol. The van der Waals surface area contributed by atoms with E-state index in [1.54, 1.807) is 13.0 Å². The van der Waals surface area contributed by atoms with Crippen molar-refractivity contribution in [1.29, 1.82) is 0 Å². The molecule has 1 aromatic rings. The lowest BCUT2D eigenvalue weighted by Gasteiger charge is -2.41. The van der Waals surface area contributed by atoms with Crippen LogP contribution in [0.1, 0.15) is 47.1 Å². The van der Waals surface area contributed by atoms with E-state index in [1.807, 2.05) is 52.0 Å². The lowest BCUT2D eigenvalue weighted by atomic mass is 9.73. The highest BCUT2D eigenvalue weighted by atomic mass is 19.1. The van der Waals surface area contributed by atoms with Crippen LogP contribution in [-0.2, 0) is 24.3 Å². The van der Waals surface area contributed by atoms with Gasteiger partial charge in [-0.15, -0.1) is 6.58 Å². The monoisotopic (exact) mass is 417 g/mol. The molecule has 1 N–H and O–H groups in total. The minimum absolute atomic E-state index is 0.172. The molecule has 0 aliphatic carbocycles. The van der Waals surface area contributed by atoms with E-state index in [2.05, 4.69) is 11.9 Å². The van der Waals surface area contributed by atoms with E-state index in [9.17, 15) is 9.18 Å². The first-order valence-electron chi connectivity index (χ1n) is 10.5. The highest BCUT2D eigenvalue weighted by molar-refractivity contribution is 6.62. The van der Waals surface area contributed by atoms with Crippen molar-refractivity contribution in [3.63, 3.8) is 0 Å². The van der Waals surface area contributed by atoms with Crippen molar-refractivity contribution >= 4 is 18.5 Å². The van der Waals surface area contributed by atoms with Gasteiger partial charge in [0.15, 0.2) is 0 Å². The summed E-state index contributed by atoms with van der Waals surface area (Å²) in [5, 5.41) is 2.95. The molecule has 2 aliphatic heterocycles. The van der Waals surface area contributed by atoms with Crippen molar-refractivity contribution in [1.82, 2.24) is 5.32 Å². The van der Waals surface area contributed by atoms with Gasteiger partial charge in [0.2, 0.25) is 5.91 Å². The van der Waals surface area contributed by atoms with Crippen molar-refractivity contribution in [3.05, 3.63) is 42.5 Å². The van der Waals surface area contributed by atoms with Gasteiger partial charge in [0.05, 0.1) is 30.5 Å². The van der Waals surface area contributed by atoms with Crippen LogP contribution >= 0.6 is 0 Å². The van der Waals surface area contributed by atoms with Crippen LogP contribution in [0.4, 0.5) is 4.39 Å². The predicted molar refractivity (Wildman–Crippen MR) is 117 cm³/mol. The van der Waals surface area contributed by atoms with Crippen LogP contribution in [0.15, 0.2) is 36.9 Å². The lowest BCUT2D eigenvalue weighted by Crippen LogP contribution is -2.60. The summed E-state index contributed by atoms with van der Waals surface area (Å²) >= 11 is 0. The third kappa shape index (κ3) is 3.95. The van der Waals surface area contributed by atoms with Gasteiger partial charge in [0, 0.05) is 5.92 Å². The van der Waals surface area contributed by atoms with E-state index in [0.29, 0.717) is 0 Å². The first kappa shape index (κ1) is 23.0. The molecule has 3 atom stereocenters. The maximum absolute atomic E-state index is 13.8. The number of carbonyl (C=O) groups excluding carboxylic acids is 1. The summed E-state index contributed by atoms with van der Waals surface area (Å²) in [7, 11) is -0.455. The molecule has 30 heavy (non-hydrogen) atoms. The van der Waals surface area contributed by atoms with E-state index in [1.165, 1.54) is 6.92 Å². The molecule has 3 rings (SSSR count). The van der Waals surface area contributed by atoms with Crippen LogP contribution < -0.4 is 10.8 Å². The quantitative estimate of drug-likeness (QED) is 0.548. The number of ether oxygens (including phenoxy) is 1. The fraction of sp³-hybridized carbons (Fsp3) is 0.609. The van der Waals surface area contributed by atoms with Crippen molar-refractivity contribution < 1.29 is 23.2 Å². The van der Waals surface area contributed by atoms with Crippen LogP contribution in [0.25, 0.3) is 0 Å². The molecule has 0 radical (unpaired) electrons. The molecule has 0 saturated carbocycles. The Bertz CT molecular complexity index is 773. The molecule has 1 unspecified atom stereocenters. The molecule has 0 aromatic heterocycles. The van der Waals surface area contributed by atoms with Gasteiger partial charge in [-0.2, -0.15) is 0 Å². The first-order chi connectivity index (χ1) is 13.9. The number of rotatable bonds is 7. The third-order valence-electron chi connectivity index (χ3n) is 6.96. The number of halogens is 1. The van der Waals surface area contributed by atoms with Crippen LogP contribution in [0, 0.1) is 5.92 Å². The molecular formula is C23H33BFNO4. The molecule has 5 nitrogen and oxygen atoms in total. The van der Waals surface area contributed by atoms with Crippen molar-refractivity contribution in [2.24, 2.45) is 5.92 Å². The van der Waals surface area contributed by atoms with E-state index in [-0.39, 0.29) is 25.0 Å². The van der Waals surface area contributed by atoms with Gasteiger partial charge in [-0.25, -0.2) is 4.39 Å². The van der Waals surface area contributed by atoms with Crippen LogP contribution in [0.5, 0.6) is 0 Å². The Hall–Kier alpha value is -1.70. The molecule has 2 aliphatic rings. The second-order valence-electron chi connectivity index (χ2n) is 9.56. The number of nitrogens with one attached hydrogen (secondary N) is 1. The van der Waals surface area contributed by atoms with Crippen LogP contribution in [-0.4, -0.2) is 49.7 Å². The smallest absolute Gasteiger partial charge is 0.399 e. The third-order valence-corrected chi connectivity index (χ3v) is 6.96. The number of carbonyl (C=O) groups is 1. The lowest BCUT2D eigenvalue weighted by molar-refractivity contribution is -0.146. The largest absolute Gasteiger partial charge is 0.494 e. The van der Waals surface area contributed by atoms with E-state index in [4.69, 9.17) is 14.0 Å². The van der Waals surface area contributed by atoms with E-state index < -0.39 is 35.9 Å². The second kappa shape index (κ2) is 8.10. The summed E-state index contributed by atoms with van der Waals surface area (Å²) in [6, 6.07) is 7.27. The highest BCUT2D eigenvalue weighted by Gasteiger charge is 2.52. The second-order valence-corrected chi connectivity index (χ2v) is 9.56. The van der Waals surface area contributed by atoms with Crippen LogP contribution in [0.2, 0.25) is 0 Å². The molecule has 164 valence electrons.